The Balaban J connectivity index is 1.70. The summed E-state index contributed by atoms with van der Waals surface area (Å²) in [5.41, 5.74) is 5.10. The number of nitrogens with two attached hydrogens (primary N) is 1. The second-order valence-electron chi connectivity index (χ2n) is 10.6. The van der Waals surface area contributed by atoms with Crippen molar-refractivity contribution < 1.29 is 28.7 Å². The number of nitrogens with zero attached hydrogens (tertiary/aromatic N) is 2. The summed E-state index contributed by atoms with van der Waals surface area (Å²) < 4.78 is 11.3. The number of likely N-dealkylation sites (tertiary alicyclic amines) is 1. The SMILES string of the molecule is CCc1ccc(C(N)=O)c(OCC2(C(=O)NCc3ncc[nH]3)CCN(C(=O)CNC(=O)OC(C)(C)C)CC2)c1. The Morgan fingerprint density at radius 1 is 1.15 bits per heavy atom. The van der Waals surface area contributed by atoms with Gasteiger partial charge in [0, 0.05) is 25.5 Å². The number of aromatic nitrogens is 2. The van der Waals surface area contributed by atoms with Crippen molar-refractivity contribution in [3.63, 3.8) is 0 Å². The van der Waals surface area contributed by atoms with Gasteiger partial charge in [-0.2, -0.15) is 0 Å². The number of aryl methyl sites for hydroxylation is 1. The van der Waals surface area contributed by atoms with E-state index in [-0.39, 0.29) is 50.2 Å². The number of nitrogens with one attached hydrogen (secondary N) is 3. The number of primary amides is 1. The number of hydrogen-bond acceptors (Lipinski definition) is 7. The summed E-state index contributed by atoms with van der Waals surface area (Å²) in [4.78, 5) is 58.9. The van der Waals surface area contributed by atoms with Gasteiger partial charge >= 0.3 is 6.09 Å². The van der Waals surface area contributed by atoms with Crippen LogP contribution in [0.1, 0.15) is 62.3 Å². The van der Waals surface area contributed by atoms with Crippen LogP contribution in [0.25, 0.3) is 0 Å². The highest BCUT2D eigenvalue weighted by Crippen LogP contribution is 2.34. The van der Waals surface area contributed by atoms with E-state index in [4.69, 9.17) is 15.2 Å². The zero-order chi connectivity index (χ0) is 28.6. The van der Waals surface area contributed by atoms with Crippen LogP contribution in [0.3, 0.4) is 0 Å². The molecule has 212 valence electrons. The summed E-state index contributed by atoms with van der Waals surface area (Å²) in [5.74, 6) is -0.225. The topological polar surface area (TPSA) is 169 Å². The average molecular weight is 543 g/mol. The first-order valence-electron chi connectivity index (χ1n) is 13.0. The molecule has 12 heteroatoms. The predicted molar refractivity (Wildman–Crippen MR) is 143 cm³/mol. The maximum atomic E-state index is 13.5. The second kappa shape index (κ2) is 12.6. The maximum absolute atomic E-state index is 13.5. The molecular formula is C27H38N6O6. The number of amides is 4. The van der Waals surface area contributed by atoms with Gasteiger partial charge in [-0.1, -0.05) is 13.0 Å². The van der Waals surface area contributed by atoms with Gasteiger partial charge in [-0.25, -0.2) is 9.78 Å². The third-order valence-electron chi connectivity index (χ3n) is 6.53. The molecule has 1 aromatic heterocycles. The van der Waals surface area contributed by atoms with Gasteiger partial charge in [0.2, 0.25) is 11.8 Å². The summed E-state index contributed by atoms with van der Waals surface area (Å²) >= 11 is 0. The van der Waals surface area contributed by atoms with E-state index in [1.807, 2.05) is 13.0 Å². The van der Waals surface area contributed by atoms with Gasteiger partial charge in [0.25, 0.3) is 5.91 Å². The number of ether oxygens (including phenoxy) is 2. The van der Waals surface area contributed by atoms with Gasteiger partial charge in [-0.15, -0.1) is 0 Å². The molecule has 1 aliphatic rings. The third kappa shape index (κ3) is 8.20. The molecule has 2 heterocycles. The molecule has 0 bridgehead atoms. The van der Waals surface area contributed by atoms with Crippen LogP contribution in [0.2, 0.25) is 0 Å². The number of alkyl carbamates (subject to hydrolysis) is 1. The number of carbonyl (C=O) groups is 4. The Morgan fingerprint density at radius 2 is 1.87 bits per heavy atom. The minimum Gasteiger partial charge on any atom is -0.492 e. The molecule has 0 saturated carbocycles. The van der Waals surface area contributed by atoms with Crippen LogP contribution in [0, 0.1) is 5.41 Å². The van der Waals surface area contributed by atoms with E-state index in [9.17, 15) is 19.2 Å². The zero-order valence-corrected chi connectivity index (χ0v) is 23.0. The first-order valence-corrected chi connectivity index (χ1v) is 13.0. The lowest BCUT2D eigenvalue weighted by Gasteiger charge is -2.40. The molecule has 1 aromatic carbocycles. The fraction of sp³-hybridized carbons (Fsp3) is 0.519. The summed E-state index contributed by atoms with van der Waals surface area (Å²) in [7, 11) is 0. The van der Waals surface area contributed by atoms with Crippen LogP contribution >= 0.6 is 0 Å². The molecule has 1 fully saturated rings. The lowest BCUT2D eigenvalue weighted by molar-refractivity contribution is -0.142. The molecule has 5 N–H and O–H groups in total. The van der Waals surface area contributed by atoms with Gasteiger partial charge in [0.05, 0.1) is 17.5 Å². The summed E-state index contributed by atoms with van der Waals surface area (Å²) in [6, 6.07) is 5.20. The first kappa shape index (κ1) is 29.5. The summed E-state index contributed by atoms with van der Waals surface area (Å²) in [6.07, 6.45) is 3.96. The molecule has 0 atom stereocenters. The van der Waals surface area contributed by atoms with Crippen molar-refractivity contribution in [1.29, 1.82) is 0 Å². The molecule has 2 aromatic rings. The number of H-pyrrole nitrogens is 1. The molecule has 39 heavy (non-hydrogen) atoms. The normalized spacial score (nSPS) is 14.8. The minimum atomic E-state index is -0.973. The van der Waals surface area contributed by atoms with E-state index in [0.29, 0.717) is 24.4 Å². The van der Waals surface area contributed by atoms with Crippen molar-refractivity contribution in [2.24, 2.45) is 11.1 Å². The van der Waals surface area contributed by atoms with Crippen LogP contribution in [-0.4, -0.2) is 70.5 Å². The van der Waals surface area contributed by atoms with E-state index in [0.717, 1.165) is 12.0 Å². The summed E-state index contributed by atoms with van der Waals surface area (Å²) in [5, 5.41) is 5.40. The fourth-order valence-electron chi connectivity index (χ4n) is 4.27. The number of piperidine rings is 1. The Kier molecular flexibility index (Phi) is 9.55. The van der Waals surface area contributed by atoms with Gasteiger partial charge in [0.15, 0.2) is 0 Å². The molecule has 0 aliphatic carbocycles. The molecule has 0 spiro atoms. The van der Waals surface area contributed by atoms with E-state index in [1.165, 1.54) is 0 Å². The molecule has 3 rings (SSSR count). The van der Waals surface area contributed by atoms with Crippen LogP contribution in [0.15, 0.2) is 30.6 Å². The van der Waals surface area contributed by atoms with Gasteiger partial charge in [-0.3, -0.25) is 14.4 Å². The number of carbonyl (C=O) groups excluding carboxylic acids is 4. The number of aromatic amines is 1. The first-order chi connectivity index (χ1) is 18.4. The molecule has 0 unspecified atom stereocenters. The number of hydrogen-bond donors (Lipinski definition) is 4. The highest BCUT2D eigenvalue weighted by Gasteiger charge is 2.43. The van der Waals surface area contributed by atoms with Crippen molar-refractivity contribution in [3.8, 4) is 5.75 Å². The highest BCUT2D eigenvalue weighted by atomic mass is 16.6. The fourth-order valence-corrected chi connectivity index (χ4v) is 4.27. The monoisotopic (exact) mass is 542 g/mol. The van der Waals surface area contributed by atoms with Crippen molar-refractivity contribution >= 4 is 23.8 Å². The van der Waals surface area contributed by atoms with E-state index in [2.05, 4.69) is 20.6 Å². The van der Waals surface area contributed by atoms with E-state index < -0.39 is 23.0 Å². The third-order valence-corrected chi connectivity index (χ3v) is 6.53. The van der Waals surface area contributed by atoms with Crippen molar-refractivity contribution in [1.82, 2.24) is 25.5 Å². The number of benzene rings is 1. The minimum absolute atomic E-state index is 0.0113. The molecule has 4 amide bonds. The average Bonchev–Trinajstić information content (AvgIpc) is 3.42. The Morgan fingerprint density at radius 3 is 2.46 bits per heavy atom. The predicted octanol–water partition coefficient (Wildman–Crippen LogP) is 1.90. The molecular weight excluding hydrogens is 504 g/mol. The molecule has 1 aliphatic heterocycles. The van der Waals surface area contributed by atoms with Crippen LogP contribution < -0.4 is 21.1 Å². The van der Waals surface area contributed by atoms with E-state index in [1.54, 1.807) is 50.2 Å². The quantitative estimate of drug-likeness (QED) is 0.355. The lowest BCUT2D eigenvalue weighted by Crippen LogP contribution is -2.54. The largest absolute Gasteiger partial charge is 0.492 e. The smallest absolute Gasteiger partial charge is 0.408 e. The zero-order valence-electron chi connectivity index (χ0n) is 23.0. The van der Waals surface area contributed by atoms with Crippen LogP contribution in [0.4, 0.5) is 4.79 Å². The van der Waals surface area contributed by atoms with Crippen molar-refractivity contribution in [3.05, 3.63) is 47.5 Å². The Bertz CT molecular complexity index is 1170. The lowest BCUT2D eigenvalue weighted by atomic mass is 9.78. The number of imidazole rings is 1. The van der Waals surface area contributed by atoms with Crippen LogP contribution in [0.5, 0.6) is 5.75 Å². The molecule has 12 nitrogen and oxygen atoms in total. The maximum Gasteiger partial charge on any atom is 0.408 e. The Hall–Kier alpha value is -4.09. The second-order valence-corrected chi connectivity index (χ2v) is 10.6. The highest BCUT2D eigenvalue weighted by molar-refractivity contribution is 5.95. The van der Waals surface area contributed by atoms with Gasteiger partial charge in [-0.05, 0) is 57.7 Å². The van der Waals surface area contributed by atoms with Gasteiger partial charge < -0.3 is 35.7 Å². The molecule has 1 saturated heterocycles. The van der Waals surface area contributed by atoms with Crippen LogP contribution in [-0.2, 0) is 27.3 Å². The van der Waals surface area contributed by atoms with Crippen molar-refractivity contribution in [2.45, 2.75) is 59.1 Å². The summed E-state index contributed by atoms with van der Waals surface area (Å²) in [6.45, 7) is 7.74. The van der Waals surface area contributed by atoms with E-state index >= 15 is 0 Å². The number of rotatable bonds is 10. The van der Waals surface area contributed by atoms with Gasteiger partial charge in [0.1, 0.15) is 30.3 Å². The Labute approximate surface area is 228 Å². The standard InChI is InChI=1S/C27H38N6O6/c1-5-18-6-7-19(23(28)35)20(14-18)38-17-27(24(36)31-15-21-29-10-11-30-21)8-12-33(13-9-27)22(34)16-32-25(37)39-26(2,3)4/h6-7,10-11,14H,5,8-9,12-13,15-17H2,1-4H3,(H2,28,35)(H,29,30)(H,31,36)(H,32,37). The van der Waals surface area contributed by atoms with Crippen molar-refractivity contribution in [2.75, 3.05) is 26.2 Å². The molecule has 0 radical (unpaired) electrons.